The number of ketones is 1. The van der Waals surface area contributed by atoms with Crippen LogP contribution in [0.25, 0.3) is 0 Å². The Morgan fingerprint density at radius 1 is 0.893 bits per heavy atom. The summed E-state index contributed by atoms with van der Waals surface area (Å²) < 4.78 is 11.1. The third-order valence-corrected chi connectivity index (χ3v) is 5.17. The van der Waals surface area contributed by atoms with Gasteiger partial charge in [-0.15, -0.1) is 0 Å². The Morgan fingerprint density at radius 3 is 2.00 bits per heavy atom. The lowest BCUT2D eigenvalue weighted by molar-refractivity contribution is -0.261. The van der Waals surface area contributed by atoms with Crippen molar-refractivity contribution in [2.24, 2.45) is 0 Å². The predicted octanol–water partition coefficient (Wildman–Crippen LogP) is 3.19. The smallest absolute Gasteiger partial charge is 0.310 e. The molecule has 164 valence electrons. The average Bonchev–Trinajstić information content (AvgIpc) is 2.62. The number of rotatable bonds is 16. The largest absolute Gasteiger partial charge is 0.481 e. The first-order valence-corrected chi connectivity index (χ1v) is 10.8. The van der Waals surface area contributed by atoms with Gasteiger partial charge in [0.2, 0.25) is 0 Å². The molecule has 7 nitrogen and oxygen atoms in total. The summed E-state index contributed by atoms with van der Waals surface area (Å²) in [7, 11) is 0. The van der Waals surface area contributed by atoms with E-state index in [9.17, 15) is 19.8 Å². The average molecular weight is 403 g/mol. The Bertz CT molecular complexity index is 440. The zero-order chi connectivity index (χ0) is 20.8. The summed E-state index contributed by atoms with van der Waals surface area (Å²) in [6.45, 7) is 2.34. The fourth-order valence-corrected chi connectivity index (χ4v) is 3.39. The van der Waals surface area contributed by atoms with Crippen LogP contribution in [0.5, 0.6) is 0 Å². The first-order chi connectivity index (χ1) is 13.4. The van der Waals surface area contributed by atoms with E-state index in [-0.39, 0.29) is 18.3 Å². The summed E-state index contributed by atoms with van der Waals surface area (Å²) in [4.78, 5) is 21.6. The molecule has 0 aromatic rings. The zero-order valence-electron chi connectivity index (χ0n) is 17.2. The van der Waals surface area contributed by atoms with Gasteiger partial charge in [-0.05, 0) is 19.8 Å². The number of hydrogen-bond acceptors (Lipinski definition) is 6. The van der Waals surface area contributed by atoms with Gasteiger partial charge in [-0.2, -0.15) is 0 Å². The molecule has 0 aromatic carbocycles. The number of carboxylic acid groups (broad SMARTS) is 1. The number of carbonyl (C=O) groups excluding carboxylic acids is 1. The van der Waals surface area contributed by atoms with E-state index in [2.05, 4.69) is 0 Å². The van der Waals surface area contributed by atoms with Gasteiger partial charge in [0.1, 0.15) is 18.3 Å². The molecular weight excluding hydrogens is 364 g/mol. The lowest BCUT2D eigenvalue weighted by Gasteiger charge is -2.35. The standard InChI is InChI=1S/C21H38O7/c1-16-18(23)15-19(24)21(28-16)27-13-11-9-7-5-3-2-4-6-8-10-12-17(22)14-20(25)26/h16,18-19,21,23-24H,2-15H2,1H3,(H,25,26)/t16-,18+,19+,21+/m0/s1. The molecular formula is C21H38O7. The van der Waals surface area contributed by atoms with Crippen LogP contribution in [0.3, 0.4) is 0 Å². The molecule has 1 aliphatic rings. The van der Waals surface area contributed by atoms with Gasteiger partial charge in [0, 0.05) is 19.4 Å². The number of aliphatic hydroxyl groups is 2. The van der Waals surface area contributed by atoms with Gasteiger partial charge >= 0.3 is 5.97 Å². The minimum absolute atomic E-state index is 0.173. The van der Waals surface area contributed by atoms with Crippen LogP contribution < -0.4 is 0 Å². The molecule has 1 heterocycles. The Hall–Kier alpha value is -1.02. The summed E-state index contributed by atoms with van der Waals surface area (Å²) in [6, 6.07) is 0. The molecule has 0 spiro atoms. The normalized spacial score (nSPS) is 25.0. The summed E-state index contributed by atoms with van der Waals surface area (Å²) >= 11 is 0. The second kappa shape index (κ2) is 14.9. The topological polar surface area (TPSA) is 113 Å². The number of Topliss-reactive ketones (excluding diaryl/α,β-unsaturated/α-hetero) is 1. The molecule has 1 saturated heterocycles. The van der Waals surface area contributed by atoms with Crippen LogP contribution in [0.4, 0.5) is 0 Å². The summed E-state index contributed by atoms with van der Waals surface area (Å²) in [5, 5.41) is 28.0. The van der Waals surface area contributed by atoms with E-state index in [0.29, 0.717) is 19.4 Å². The minimum atomic E-state index is -1.04. The van der Waals surface area contributed by atoms with E-state index in [1.807, 2.05) is 0 Å². The van der Waals surface area contributed by atoms with Crippen LogP contribution >= 0.6 is 0 Å². The van der Waals surface area contributed by atoms with Gasteiger partial charge in [0.15, 0.2) is 6.29 Å². The highest BCUT2D eigenvalue weighted by Gasteiger charge is 2.34. The van der Waals surface area contributed by atoms with E-state index in [1.54, 1.807) is 6.92 Å². The highest BCUT2D eigenvalue weighted by Crippen LogP contribution is 2.21. The fraction of sp³-hybridized carbons (Fsp3) is 0.905. The van der Waals surface area contributed by atoms with E-state index in [1.165, 1.54) is 19.3 Å². The quantitative estimate of drug-likeness (QED) is 0.268. The van der Waals surface area contributed by atoms with Crippen LogP contribution in [0.2, 0.25) is 0 Å². The lowest BCUT2D eigenvalue weighted by Crippen LogP contribution is -2.47. The molecule has 0 amide bonds. The van der Waals surface area contributed by atoms with Crippen molar-refractivity contribution in [1.82, 2.24) is 0 Å². The number of carbonyl (C=O) groups is 2. The monoisotopic (exact) mass is 402 g/mol. The maximum Gasteiger partial charge on any atom is 0.310 e. The Balaban J connectivity index is 1.83. The van der Waals surface area contributed by atoms with E-state index in [4.69, 9.17) is 14.6 Å². The highest BCUT2D eigenvalue weighted by atomic mass is 16.7. The molecule has 28 heavy (non-hydrogen) atoms. The van der Waals surface area contributed by atoms with Crippen LogP contribution in [0.1, 0.15) is 90.4 Å². The molecule has 0 radical (unpaired) electrons. The second-order valence-corrected chi connectivity index (χ2v) is 7.85. The van der Waals surface area contributed by atoms with Crippen molar-refractivity contribution >= 4 is 11.8 Å². The molecule has 0 unspecified atom stereocenters. The van der Waals surface area contributed by atoms with Crippen LogP contribution in [-0.4, -0.2) is 58.3 Å². The lowest BCUT2D eigenvalue weighted by atomic mass is 10.0. The fourth-order valence-electron chi connectivity index (χ4n) is 3.39. The SMILES string of the molecule is C[C@@H]1O[C@@H](OCCCCCCCCCCCCC(=O)CC(=O)O)[C@H](O)C[C@H]1O. The number of aliphatic carboxylic acids is 1. The van der Waals surface area contributed by atoms with Crippen molar-refractivity contribution in [2.75, 3.05) is 6.61 Å². The Kier molecular flexibility index (Phi) is 13.3. The highest BCUT2D eigenvalue weighted by molar-refractivity contribution is 5.94. The van der Waals surface area contributed by atoms with E-state index < -0.39 is 24.5 Å². The van der Waals surface area contributed by atoms with Crippen LogP contribution in [-0.2, 0) is 19.1 Å². The van der Waals surface area contributed by atoms with E-state index >= 15 is 0 Å². The van der Waals surface area contributed by atoms with Crippen molar-refractivity contribution in [2.45, 2.75) is 115 Å². The van der Waals surface area contributed by atoms with Crippen molar-refractivity contribution in [1.29, 1.82) is 0 Å². The minimum Gasteiger partial charge on any atom is -0.481 e. The molecule has 7 heteroatoms. The molecule has 4 atom stereocenters. The molecule has 0 saturated carbocycles. The van der Waals surface area contributed by atoms with Crippen molar-refractivity contribution in [3.8, 4) is 0 Å². The number of aliphatic hydroxyl groups excluding tert-OH is 2. The van der Waals surface area contributed by atoms with Crippen LogP contribution in [0, 0.1) is 0 Å². The molecule has 1 aliphatic heterocycles. The third-order valence-electron chi connectivity index (χ3n) is 5.17. The number of ether oxygens (including phenoxy) is 2. The molecule has 3 N–H and O–H groups in total. The second-order valence-electron chi connectivity index (χ2n) is 7.85. The van der Waals surface area contributed by atoms with Crippen molar-refractivity contribution < 1.29 is 34.4 Å². The predicted molar refractivity (Wildman–Crippen MR) is 105 cm³/mol. The number of carboxylic acids is 1. The molecule has 0 bridgehead atoms. The zero-order valence-corrected chi connectivity index (χ0v) is 17.2. The van der Waals surface area contributed by atoms with Gasteiger partial charge in [-0.1, -0.05) is 51.4 Å². The van der Waals surface area contributed by atoms with Crippen molar-refractivity contribution in [3.63, 3.8) is 0 Å². The summed E-state index contributed by atoms with van der Waals surface area (Å²) in [6.07, 6.45) is 8.86. The molecule has 1 fully saturated rings. The molecule has 1 rings (SSSR count). The molecule has 0 aromatic heterocycles. The van der Waals surface area contributed by atoms with Crippen LogP contribution in [0.15, 0.2) is 0 Å². The Morgan fingerprint density at radius 2 is 1.43 bits per heavy atom. The third kappa shape index (κ3) is 11.7. The first kappa shape index (κ1) is 25.0. The summed E-state index contributed by atoms with van der Waals surface area (Å²) in [5.41, 5.74) is 0. The van der Waals surface area contributed by atoms with Gasteiger partial charge in [-0.3, -0.25) is 9.59 Å². The van der Waals surface area contributed by atoms with Gasteiger partial charge in [-0.25, -0.2) is 0 Å². The summed E-state index contributed by atoms with van der Waals surface area (Å²) in [5.74, 6) is -1.21. The van der Waals surface area contributed by atoms with E-state index in [0.717, 1.165) is 44.9 Å². The van der Waals surface area contributed by atoms with Gasteiger partial charge in [0.05, 0.1) is 12.2 Å². The van der Waals surface area contributed by atoms with Gasteiger partial charge in [0.25, 0.3) is 0 Å². The van der Waals surface area contributed by atoms with Gasteiger partial charge < -0.3 is 24.8 Å². The maximum atomic E-state index is 11.2. The number of unbranched alkanes of at least 4 members (excludes halogenated alkanes) is 9. The number of hydrogen-bond donors (Lipinski definition) is 3. The first-order valence-electron chi connectivity index (χ1n) is 10.8. The van der Waals surface area contributed by atoms with Crippen molar-refractivity contribution in [3.05, 3.63) is 0 Å². The molecule has 0 aliphatic carbocycles. The Labute approximate surface area is 168 Å². The maximum absolute atomic E-state index is 11.2.